The van der Waals surface area contributed by atoms with Crippen LogP contribution in [0.2, 0.25) is 5.02 Å². The lowest BCUT2D eigenvalue weighted by Gasteiger charge is -2.21. The first-order valence-electron chi connectivity index (χ1n) is 9.46. The third-order valence-corrected chi connectivity index (χ3v) is 5.04. The van der Waals surface area contributed by atoms with Gasteiger partial charge in [-0.3, -0.25) is 9.36 Å². The Balaban J connectivity index is 1.92. The molecule has 0 fully saturated rings. The summed E-state index contributed by atoms with van der Waals surface area (Å²) in [6.45, 7) is 5.69. The molecule has 1 aromatic carbocycles. The first-order valence-corrected chi connectivity index (χ1v) is 9.84. The van der Waals surface area contributed by atoms with Crippen LogP contribution < -0.4 is 10.9 Å². The number of nitrogens with zero attached hydrogens (tertiary/aromatic N) is 5. The van der Waals surface area contributed by atoms with E-state index in [-0.39, 0.29) is 11.6 Å². The molecule has 3 heterocycles. The zero-order valence-electron chi connectivity index (χ0n) is 16.7. The van der Waals surface area contributed by atoms with Gasteiger partial charge in [0.05, 0.1) is 28.3 Å². The number of aromatic nitrogens is 6. The fraction of sp³-hybridized carbons (Fsp3) is 0.190. The van der Waals surface area contributed by atoms with Crippen molar-refractivity contribution < 1.29 is 0 Å². The summed E-state index contributed by atoms with van der Waals surface area (Å²) < 4.78 is 1.58. The number of anilines is 1. The van der Waals surface area contributed by atoms with Gasteiger partial charge in [-0.1, -0.05) is 29.8 Å². The lowest BCUT2D eigenvalue weighted by molar-refractivity contribution is 0.741. The highest BCUT2D eigenvalue weighted by Crippen LogP contribution is 2.25. The van der Waals surface area contributed by atoms with Gasteiger partial charge < -0.3 is 10.3 Å². The van der Waals surface area contributed by atoms with E-state index in [1.165, 1.54) is 6.33 Å². The average molecular weight is 422 g/mol. The Kier molecular flexibility index (Phi) is 5.33. The molecule has 0 radical (unpaired) electrons. The van der Waals surface area contributed by atoms with Gasteiger partial charge in [0.15, 0.2) is 11.5 Å². The lowest BCUT2D eigenvalue weighted by Crippen LogP contribution is -2.28. The van der Waals surface area contributed by atoms with Gasteiger partial charge >= 0.3 is 0 Å². The number of hydrogen-bond donors (Lipinski definition) is 2. The second-order valence-electron chi connectivity index (χ2n) is 6.65. The minimum Gasteiger partial charge on any atom is -0.358 e. The van der Waals surface area contributed by atoms with Gasteiger partial charge in [-0.25, -0.2) is 19.9 Å². The second kappa shape index (κ2) is 8.08. The van der Waals surface area contributed by atoms with Gasteiger partial charge in [-0.05, 0) is 39.0 Å². The van der Waals surface area contributed by atoms with E-state index in [9.17, 15) is 4.79 Å². The predicted octanol–water partition coefficient (Wildman–Crippen LogP) is 4.33. The van der Waals surface area contributed by atoms with Crippen LogP contribution in [0.3, 0.4) is 0 Å². The zero-order chi connectivity index (χ0) is 21.3. The Morgan fingerprint density at radius 2 is 2.10 bits per heavy atom. The van der Waals surface area contributed by atoms with Crippen molar-refractivity contribution in [2.24, 2.45) is 0 Å². The van der Waals surface area contributed by atoms with Gasteiger partial charge in [-0.15, -0.1) is 0 Å². The molecule has 1 atom stereocenters. The topological polar surface area (TPSA) is 101 Å². The van der Waals surface area contributed by atoms with Crippen molar-refractivity contribution in [1.29, 1.82) is 0 Å². The number of halogens is 1. The van der Waals surface area contributed by atoms with Crippen molar-refractivity contribution in [1.82, 2.24) is 29.5 Å². The van der Waals surface area contributed by atoms with Crippen molar-refractivity contribution in [3.8, 4) is 0 Å². The second-order valence-corrected chi connectivity index (χ2v) is 7.05. The molecule has 0 aliphatic carbocycles. The monoisotopic (exact) mass is 421 g/mol. The number of hydrogen-bond acceptors (Lipinski definition) is 6. The summed E-state index contributed by atoms with van der Waals surface area (Å²) in [4.78, 5) is 33.9. The molecule has 0 aliphatic heterocycles. The van der Waals surface area contributed by atoms with Crippen molar-refractivity contribution in [3.63, 3.8) is 0 Å². The maximum Gasteiger partial charge on any atom is 0.267 e. The van der Waals surface area contributed by atoms with Crippen molar-refractivity contribution >= 4 is 45.2 Å². The molecule has 4 rings (SSSR count). The number of nitrogens with one attached hydrogen (secondary N) is 2. The lowest BCUT2D eigenvalue weighted by atomic mass is 10.2. The molecule has 9 heteroatoms. The molecule has 152 valence electrons. The van der Waals surface area contributed by atoms with Crippen LogP contribution in [0.25, 0.3) is 27.8 Å². The highest BCUT2D eigenvalue weighted by molar-refractivity contribution is 6.35. The summed E-state index contributed by atoms with van der Waals surface area (Å²) in [5.41, 5.74) is 2.25. The maximum atomic E-state index is 13.5. The van der Waals surface area contributed by atoms with Crippen LogP contribution in [0.1, 0.15) is 32.6 Å². The van der Waals surface area contributed by atoms with E-state index in [1.807, 2.05) is 39.0 Å². The summed E-state index contributed by atoms with van der Waals surface area (Å²) in [5, 5.41) is 4.08. The van der Waals surface area contributed by atoms with Crippen molar-refractivity contribution in [3.05, 3.63) is 70.3 Å². The van der Waals surface area contributed by atoms with Crippen molar-refractivity contribution in [2.75, 3.05) is 5.32 Å². The SMILES string of the molecule is CC=CC(=CC)n1c(C(C)Nc2ncnc3nc[nH]c23)nc2cccc(Cl)c2c1=O. The van der Waals surface area contributed by atoms with Crippen LogP contribution >= 0.6 is 11.6 Å². The average Bonchev–Trinajstić information content (AvgIpc) is 3.22. The number of allylic oxidation sites excluding steroid dienone is 4. The third kappa shape index (κ3) is 3.35. The molecule has 0 bridgehead atoms. The quantitative estimate of drug-likeness (QED) is 0.465. The molecule has 30 heavy (non-hydrogen) atoms. The van der Waals surface area contributed by atoms with Crippen LogP contribution in [0.15, 0.2) is 53.9 Å². The molecule has 0 aliphatic rings. The maximum absolute atomic E-state index is 13.5. The number of benzene rings is 1. The number of rotatable bonds is 5. The molecule has 3 aromatic heterocycles. The highest BCUT2D eigenvalue weighted by atomic mass is 35.5. The number of H-pyrrole nitrogens is 1. The largest absolute Gasteiger partial charge is 0.358 e. The van der Waals surface area contributed by atoms with Gasteiger partial charge in [0.25, 0.3) is 5.56 Å². The first-order chi connectivity index (χ1) is 14.5. The zero-order valence-corrected chi connectivity index (χ0v) is 17.5. The van der Waals surface area contributed by atoms with Crippen molar-refractivity contribution in [2.45, 2.75) is 26.8 Å². The molecule has 0 saturated heterocycles. The molecule has 1 unspecified atom stereocenters. The van der Waals surface area contributed by atoms with Crippen LogP contribution in [0, 0.1) is 0 Å². The van der Waals surface area contributed by atoms with Gasteiger partial charge in [-0.2, -0.15) is 0 Å². The summed E-state index contributed by atoms with van der Waals surface area (Å²) in [6, 6.07) is 4.90. The molecule has 0 saturated carbocycles. The molecule has 8 nitrogen and oxygen atoms in total. The van der Waals surface area contributed by atoms with E-state index in [0.29, 0.717) is 44.4 Å². The highest BCUT2D eigenvalue weighted by Gasteiger charge is 2.20. The number of imidazole rings is 1. The summed E-state index contributed by atoms with van der Waals surface area (Å²) >= 11 is 6.34. The van der Waals surface area contributed by atoms with E-state index < -0.39 is 0 Å². The minimum absolute atomic E-state index is 0.227. The summed E-state index contributed by atoms with van der Waals surface area (Å²) in [6.07, 6.45) is 8.60. The Labute approximate surface area is 177 Å². The fourth-order valence-electron chi connectivity index (χ4n) is 3.36. The Morgan fingerprint density at radius 1 is 1.27 bits per heavy atom. The smallest absolute Gasteiger partial charge is 0.267 e. The Morgan fingerprint density at radius 3 is 2.87 bits per heavy atom. The van der Waals surface area contributed by atoms with Crippen LogP contribution in [-0.2, 0) is 0 Å². The fourth-order valence-corrected chi connectivity index (χ4v) is 3.61. The first kappa shape index (κ1) is 19.8. The van der Waals surface area contributed by atoms with Crippen LogP contribution in [-0.4, -0.2) is 29.5 Å². The van der Waals surface area contributed by atoms with Crippen LogP contribution in [0.5, 0.6) is 0 Å². The van der Waals surface area contributed by atoms with E-state index in [1.54, 1.807) is 29.1 Å². The van der Waals surface area contributed by atoms with Gasteiger partial charge in [0.1, 0.15) is 17.7 Å². The van der Waals surface area contributed by atoms with Crippen LogP contribution in [0.4, 0.5) is 5.82 Å². The molecule has 2 N–H and O–H groups in total. The summed E-state index contributed by atoms with van der Waals surface area (Å²) in [5.74, 6) is 1.11. The molecular formula is C21H20ClN7O. The number of fused-ring (bicyclic) bond motifs is 2. The standard InChI is InChI=1S/C21H20ClN7O/c1-4-7-13(5-2)29-20(28-15-9-6-8-14(22)16(15)21(29)30)12(3)27-19-17-18(24-10-23-17)25-11-26-19/h4-12H,1-3H3,(H2,23,24,25,26,27). The minimum atomic E-state index is -0.359. The molecule has 0 spiro atoms. The van der Waals surface area contributed by atoms with E-state index >= 15 is 0 Å². The Hall–Kier alpha value is -3.52. The van der Waals surface area contributed by atoms with Gasteiger partial charge in [0, 0.05) is 5.70 Å². The molecule has 4 aromatic rings. The Bertz CT molecular complexity index is 1350. The molecule has 0 amide bonds. The number of aromatic amines is 1. The molecular weight excluding hydrogens is 402 g/mol. The predicted molar refractivity (Wildman–Crippen MR) is 119 cm³/mol. The summed E-state index contributed by atoms with van der Waals surface area (Å²) in [7, 11) is 0. The van der Waals surface area contributed by atoms with E-state index in [4.69, 9.17) is 16.6 Å². The van der Waals surface area contributed by atoms with E-state index in [2.05, 4.69) is 25.3 Å². The van der Waals surface area contributed by atoms with Gasteiger partial charge in [0.2, 0.25) is 0 Å². The normalized spacial score (nSPS) is 13.4. The third-order valence-electron chi connectivity index (χ3n) is 4.73. The van der Waals surface area contributed by atoms with E-state index in [0.717, 1.165) is 0 Å².